The largest absolute Gasteiger partial charge is 0.474 e. The molecule has 5 nitrogen and oxygen atoms in total. The van der Waals surface area contributed by atoms with E-state index in [0.717, 1.165) is 18.6 Å². The van der Waals surface area contributed by atoms with Gasteiger partial charge in [0.25, 0.3) is 5.91 Å². The molecule has 0 radical (unpaired) electrons. The molecule has 0 N–H and O–H groups in total. The Labute approximate surface area is 170 Å². The van der Waals surface area contributed by atoms with Gasteiger partial charge in [0.1, 0.15) is 5.75 Å². The van der Waals surface area contributed by atoms with E-state index in [2.05, 4.69) is 0 Å². The maximum Gasteiger partial charge on any atom is 0.416 e. The quantitative estimate of drug-likeness (QED) is 0.647. The van der Waals surface area contributed by atoms with Gasteiger partial charge in [-0.2, -0.15) is 13.2 Å². The average Bonchev–Trinajstić information content (AvgIpc) is 2.63. The molecule has 29 heavy (non-hydrogen) atoms. The summed E-state index contributed by atoms with van der Waals surface area (Å²) >= 11 is 5.85. The lowest BCUT2D eigenvalue weighted by Gasteiger charge is -2.30. The van der Waals surface area contributed by atoms with E-state index in [9.17, 15) is 22.8 Å². The van der Waals surface area contributed by atoms with E-state index in [1.807, 2.05) is 0 Å². The first kappa shape index (κ1) is 21.0. The summed E-state index contributed by atoms with van der Waals surface area (Å²) in [6, 6.07) is 10.2. The summed E-state index contributed by atoms with van der Waals surface area (Å²) in [4.78, 5) is 26.0. The summed E-state index contributed by atoms with van der Waals surface area (Å²) in [5.41, 5.74) is -0.584. The number of alkyl halides is 3. The normalized spacial score (nSPS) is 14.7. The molecule has 9 heteroatoms. The smallest absolute Gasteiger partial charge is 0.416 e. The SMILES string of the molecule is O=C(OCC(=O)N1CCC1)C(Oc1cccc(C(F)(F)F)c1)c1ccc(Cl)cc1. The van der Waals surface area contributed by atoms with Gasteiger partial charge in [-0.1, -0.05) is 29.8 Å². The zero-order valence-corrected chi connectivity index (χ0v) is 15.9. The highest BCUT2D eigenvalue weighted by Crippen LogP contribution is 2.33. The molecule has 1 atom stereocenters. The zero-order valence-electron chi connectivity index (χ0n) is 15.1. The molecule has 1 saturated heterocycles. The molecule has 3 rings (SSSR count). The molecule has 0 spiro atoms. The second kappa shape index (κ2) is 8.73. The third-order valence-electron chi connectivity index (χ3n) is 4.35. The number of ether oxygens (including phenoxy) is 2. The lowest BCUT2D eigenvalue weighted by molar-refractivity contribution is -0.159. The van der Waals surface area contributed by atoms with Crippen LogP contribution in [0.3, 0.4) is 0 Å². The predicted octanol–water partition coefficient (Wildman–Crippen LogP) is 4.25. The van der Waals surface area contributed by atoms with Crippen LogP contribution in [0.1, 0.15) is 23.7 Å². The number of hydrogen-bond donors (Lipinski definition) is 0. The van der Waals surface area contributed by atoms with Crippen LogP contribution in [-0.4, -0.2) is 36.5 Å². The van der Waals surface area contributed by atoms with Crippen LogP contribution >= 0.6 is 11.6 Å². The van der Waals surface area contributed by atoms with Gasteiger partial charge >= 0.3 is 12.1 Å². The standard InChI is InChI=1S/C20H17ClF3NO4/c21-15-7-5-13(6-8-15)18(19(27)28-12-17(26)25-9-2-10-25)29-16-4-1-3-14(11-16)20(22,23)24/h1,3-8,11,18H,2,9-10,12H2. The fraction of sp³-hybridized carbons (Fsp3) is 0.300. The first-order valence-electron chi connectivity index (χ1n) is 8.78. The third-order valence-corrected chi connectivity index (χ3v) is 4.60. The minimum absolute atomic E-state index is 0.161. The molecular weight excluding hydrogens is 411 g/mol. The monoisotopic (exact) mass is 427 g/mol. The Morgan fingerprint density at radius 1 is 1.10 bits per heavy atom. The first-order chi connectivity index (χ1) is 13.7. The first-order valence-corrected chi connectivity index (χ1v) is 9.15. The van der Waals surface area contributed by atoms with Crippen molar-refractivity contribution in [3.05, 3.63) is 64.7 Å². The fourth-order valence-electron chi connectivity index (χ4n) is 2.64. The molecule has 2 aromatic carbocycles. The fourth-order valence-corrected chi connectivity index (χ4v) is 2.76. The van der Waals surface area contributed by atoms with Crippen molar-refractivity contribution in [1.82, 2.24) is 4.90 Å². The average molecular weight is 428 g/mol. The van der Waals surface area contributed by atoms with E-state index >= 15 is 0 Å². The van der Waals surface area contributed by atoms with E-state index < -0.39 is 30.4 Å². The van der Waals surface area contributed by atoms with Crippen LogP contribution in [0.25, 0.3) is 0 Å². The summed E-state index contributed by atoms with van der Waals surface area (Å²) in [6.45, 7) is 0.754. The van der Waals surface area contributed by atoms with Crippen LogP contribution in [0.15, 0.2) is 48.5 Å². The summed E-state index contributed by atoms with van der Waals surface area (Å²) in [5, 5.41) is 0.410. The van der Waals surface area contributed by atoms with Gasteiger partial charge in [0, 0.05) is 23.7 Å². The van der Waals surface area contributed by atoms with Gasteiger partial charge in [-0.3, -0.25) is 4.79 Å². The Morgan fingerprint density at radius 2 is 1.79 bits per heavy atom. The Balaban J connectivity index is 1.78. The lowest BCUT2D eigenvalue weighted by Crippen LogP contribution is -2.44. The maximum atomic E-state index is 13.0. The van der Waals surface area contributed by atoms with Crippen molar-refractivity contribution in [2.45, 2.75) is 18.7 Å². The molecule has 2 aromatic rings. The second-order valence-electron chi connectivity index (χ2n) is 6.42. The molecular formula is C20H17ClF3NO4. The van der Waals surface area contributed by atoms with Gasteiger partial charge in [0.05, 0.1) is 5.56 Å². The van der Waals surface area contributed by atoms with Gasteiger partial charge in [-0.05, 0) is 36.8 Å². The number of esters is 1. The number of hydrogen-bond acceptors (Lipinski definition) is 4. The molecule has 1 fully saturated rings. The number of carbonyl (C=O) groups is 2. The molecule has 0 saturated carbocycles. The van der Waals surface area contributed by atoms with Crippen molar-refractivity contribution in [2.75, 3.05) is 19.7 Å². The van der Waals surface area contributed by atoms with Crippen LogP contribution in [0.2, 0.25) is 5.02 Å². The van der Waals surface area contributed by atoms with E-state index in [1.165, 1.54) is 41.3 Å². The summed E-state index contributed by atoms with van der Waals surface area (Å²) in [6.07, 6.45) is -5.02. The van der Waals surface area contributed by atoms with Crippen molar-refractivity contribution in [1.29, 1.82) is 0 Å². The van der Waals surface area contributed by atoms with Crippen LogP contribution in [0.4, 0.5) is 13.2 Å². The topological polar surface area (TPSA) is 55.8 Å². The van der Waals surface area contributed by atoms with E-state index in [0.29, 0.717) is 23.7 Å². The molecule has 1 unspecified atom stereocenters. The zero-order chi connectivity index (χ0) is 21.0. The Hall–Kier alpha value is -2.74. The van der Waals surface area contributed by atoms with Crippen LogP contribution in [-0.2, 0) is 20.5 Å². The lowest BCUT2D eigenvalue weighted by atomic mass is 10.1. The predicted molar refractivity (Wildman–Crippen MR) is 98.4 cm³/mol. The van der Waals surface area contributed by atoms with E-state index in [1.54, 1.807) is 0 Å². The van der Waals surface area contributed by atoms with Gasteiger partial charge in [0.15, 0.2) is 6.61 Å². The number of halogens is 4. The van der Waals surface area contributed by atoms with Crippen LogP contribution < -0.4 is 4.74 Å². The van der Waals surface area contributed by atoms with Crippen molar-refractivity contribution in [2.24, 2.45) is 0 Å². The van der Waals surface area contributed by atoms with Crippen LogP contribution in [0.5, 0.6) is 5.75 Å². The minimum atomic E-state index is -4.56. The van der Waals surface area contributed by atoms with Crippen molar-refractivity contribution < 1.29 is 32.2 Å². The number of likely N-dealkylation sites (tertiary alicyclic amines) is 1. The van der Waals surface area contributed by atoms with Crippen molar-refractivity contribution >= 4 is 23.5 Å². The van der Waals surface area contributed by atoms with Gasteiger partial charge < -0.3 is 14.4 Å². The number of nitrogens with zero attached hydrogens (tertiary/aromatic N) is 1. The highest BCUT2D eigenvalue weighted by atomic mass is 35.5. The number of benzene rings is 2. The molecule has 0 aliphatic carbocycles. The van der Waals surface area contributed by atoms with Crippen LogP contribution in [0, 0.1) is 0 Å². The highest BCUT2D eigenvalue weighted by molar-refractivity contribution is 6.30. The molecule has 0 bridgehead atoms. The third kappa shape index (κ3) is 5.41. The van der Waals surface area contributed by atoms with E-state index in [4.69, 9.17) is 21.1 Å². The van der Waals surface area contributed by atoms with E-state index in [-0.39, 0.29) is 11.7 Å². The summed E-state index contributed by atoms with van der Waals surface area (Å²) in [7, 11) is 0. The highest BCUT2D eigenvalue weighted by Gasteiger charge is 2.32. The Bertz CT molecular complexity index is 882. The van der Waals surface area contributed by atoms with Gasteiger partial charge in [-0.25, -0.2) is 4.79 Å². The molecule has 1 aliphatic heterocycles. The second-order valence-corrected chi connectivity index (χ2v) is 6.85. The number of carbonyl (C=O) groups excluding carboxylic acids is 2. The molecule has 1 amide bonds. The van der Waals surface area contributed by atoms with Gasteiger partial charge in [0.2, 0.25) is 6.10 Å². The van der Waals surface area contributed by atoms with Crippen molar-refractivity contribution in [3.63, 3.8) is 0 Å². The molecule has 154 valence electrons. The summed E-state index contributed by atoms with van der Waals surface area (Å²) in [5.74, 6) is -1.39. The minimum Gasteiger partial charge on any atom is -0.474 e. The molecule has 1 aliphatic rings. The summed E-state index contributed by atoms with van der Waals surface area (Å²) < 4.78 is 49.5. The van der Waals surface area contributed by atoms with Crippen molar-refractivity contribution in [3.8, 4) is 5.75 Å². The van der Waals surface area contributed by atoms with Gasteiger partial charge in [-0.15, -0.1) is 0 Å². The number of amides is 1. The maximum absolute atomic E-state index is 13.0. The molecule has 1 heterocycles. The Morgan fingerprint density at radius 3 is 2.38 bits per heavy atom. The number of rotatable bonds is 6. The Kier molecular flexibility index (Phi) is 6.32. The molecule has 0 aromatic heterocycles.